The van der Waals surface area contributed by atoms with Gasteiger partial charge < -0.3 is 24.4 Å². The van der Waals surface area contributed by atoms with Crippen LogP contribution in [0.1, 0.15) is 57.9 Å². The summed E-state index contributed by atoms with van der Waals surface area (Å²) in [5.41, 5.74) is -0.0522. The fraction of sp³-hybridized carbons (Fsp3) is 0.512. The Labute approximate surface area is 308 Å². The van der Waals surface area contributed by atoms with E-state index in [9.17, 15) is 14.3 Å². The summed E-state index contributed by atoms with van der Waals surface area (Å²) in [7, 11) is 0. The molecule has 2 aromatic heterocycles. The van der Waals surface area contributed by atoms with E-state index >= 15 is 4.39 Å². The molecule has 2 aromatic carbocycles. The van der Waals surface area contributed by atoms with Crippen LogP contribution in [0.5, 0.6) is 11.8 Å². The van der Waals surface area contributed by atoms with E-state index in [2.05, 4.69) is 20.7 Å². The quantitative estimate of drug-likeness (QED) is 0.214. The molecular weight excluding hydrogens is 678 g/mol. The molecule has 53 heavy (non-hydrogen) atoms. The standard InChI is InChI=1S/C41H46F2N6O4/c1-4-29-32(42)10-9-27-18-28(50)19-30(34(27)29)36-35(43)37-31(20-44-36)38(47-14-7-16-52-17-15-47)46-40(45-37)53-24-41-11-5-8-33(41)48(13-6-12-41)21-26-22-49(23-26)39(51)25(2)3/h1,9-10,18-20,25-26,33,50H,5-8,11-17,21-24H2,2-3H3/t33-,41-/m1/s1. The Hall–Kier alpha value is -4.60. The van der Waals surface area contributed by atoms with Crippen LogP contribution in [-0.2, 0) is 9.53 Å². The molecule has 5 heterocycles. The van der Waals surface area contributed by atoms with Crippen LogP contribution in [0.4, 0.5) is 14.6 Å². The van der Waals surface area contributed by atoms with Crippen molar-refractivity contribution in [3.05, 3.63) is 47.7 Å². The Morgan fingerprint density at radius 2 is 1.94 bits per heavy atom. The maximum atomic E-state index is 17.0. The van der Waals surface area contributed by atoms with Gasteiger partial charge in [0, 0.05) is 79.8 Å². The number of benzene rings is 2. The Morgan fingerprint density at radius 1 is 1.11 bits per heavy atom. The minimum Gasteiger partial charge on any atom is -0.508 e. The van der Waals surface area contributed by atoms with Gasteiger partial charge in [0.1, 0.15) is 28.6 Å². The summed E-state index contributed by atoms with van der Waals surface area (Å²) in [5, 5.41) is 11.8. The van der Waals surface area contributed by atoms with E-state index in [1.807, 2.05) is 18.7 Å². The van der Waals surface area contributed by atoms with Crippen LogP contribution in [-0.4, -0.2) is 101 Å². The highest BCUT2D eigenvalue weighted by Crippen LogP contribution is 2.48. The first-order chi connectivity index (χ1) is 25.7. The van der Waals surface area contributed by atoms with Crippen LogP contribution < -0.4 is 9.64 Å². The third kappa shape index (κ3) is 6.52. The lowest BCUT2D eigenvalue weighted by Crippen LogP contribution is -2.59. The Bertz CT molecular complexity index is 2090. The number of phenolic OH excluding ortho intramolecular Hbond substituents is 1. The van der Waals surface area contributed by atoms with Crippen LogP contribution >= 0.6 is 0 Å². The highest BCUT2D eigenvalue weighted by Gasteiger charge is 2.49. The topological polar surface area (TPSA) is 104 Å². The zero-order valence-electron chi connectivity index (χ0n) is 30.4. The summed E-state index contributed by atoms with van der Waals surface area (Å²) in [4.78, 5) is 33.3. The van der Waals surface area contributed by atoms with E-state index in [1.54, 1.807) is 0 Å². The molecule has 1 aliphatic carbocycles. The van der Waals surface area contributed by atoms with Crippen molar-refractivity contribution in [1.82, 2.24) is 24.8 Å². The molecule has 3 saturated heterocycles. The monoisotopic (exact) mass is 724 g/mol. The molecule has 3 aliphatic heterocycles. The van der Waals surface area contributed by atoms with Crippen molar-refractivity contribution in [2.24, 2.45) is 17.3 Å². The van der Waals surface area contributed by atoms with Gasteiger partial charge in [0.05, 0.1) is 24.2 Å². The fourth-order valence-electron chi connectivity index (χ4n) is 9.23. The number of phenols is 1. The molecule has 1 amide bonds. The lowest BCUT2D eigenvalue weighted by Gasteiger charge is -2.49. The molecule has 0 bridgehead atoms. The summed E-state index contributed by atoms with van der Waals surface area (Å²) >= 11 is 0. The first-order valence-corrected chi connectivity index (χ1v) is 18.9. The second kappa shape index (κ2) is 14.3. The molecule has 1 saturated carbocycles. The number of carbonyl (C=O) groups excluding carboxylic acids is 1. The number of piperidine rings is 1. The molecule has 8 rings (SSSR count). The maximum absolute atomic E-state index is 17.0. The van der Waals surface area contributed by atoms with Gasteiger partial charge in [0.25, 0.3) is 0 Å². The van der Waals surface area contributed by atoms with Gasteiger partial charge in [-0.15, -0.1) is 6.42 Å². The van der Waals surface area contributed by atoms with Crippen molar-refractivity contribution in [3.63, 3.8) is 0 Å². The molecule has 2 atom stereocenters. The number of aromatic hydroxyl groups is 1. The van der Waals surface area contributed by atoms with Crippen LogP contribution in [0.2, 0.25) is 0 Å². The number of nitrogens with zero attached hydrogens (tertiary/aromatic N) is 6. The summed E-state index contributed by atoms with van der Waals surface area (Å²) in [5.74, 6) is 2.13. The number of rotatable bonds is 8. The highest BCUT2D eigenvalue weighted by atomic mass is 19.1. The molecule has 12 heteroatoms. The number of terminal acetylenes is 1. The normalized spacial score (nSPS) is 22.5. The van der Waals surface area contributed by atoms with Gasteiger partial charge in [-0.05, 0) is 62.2 Å². The lowest BCUT2D eigenvalue weighted by molar-refractivity contribution is -0.142. The Balaban J connectivity index is 1.13. The van der Waals surface area contributed by atoms with Gasteiger partial charge in [0.2, 0.25) is 5.91 Å². The molecule has 0 radical (unpaired) electrons. The number of hydrogen-bond acceptors (Lipinski definition) is 9. The summed E-state index contributed by atoms with van der Waals surface area (Å²) in [6.07, 6.45) is 13.3. The number of hydrogen-bond donors (Lipinski definition) is 1. The van der Waals surface area contributed by atoms with Crippen molar-refractivity contribution < 1.29 is 28.2 Å². The number of likely N-dealkylation sites (tertiary alicyclic amines) is 2. The van der Waals surface area contributed by atoms with Crippen LogP contribution in [0.25, 0.3) is 32.9 Å². The lowest BCUT2D eigenvalue weighted by atomic mass is 9.75. The zero-order valence-corrected chi connectivity index (χ0v) is 30.4. The second-order valence-corrected chi connectivity index (χ2v) is 15.5. The molecule has 0 unspecified atom stereocenters. The summed E-state index contributed by atoms with van der Waals surface area (Å²) in [6, 6.07) is 5.98. The second-order valence-electron chi connectivity index (χ2n) is 15.5. The number of ether oxygens (including phenoxy) is 2. The number of halogens is 2. The van der Waals surface area contributed by atoms with E-state index in [-0.39, 0.29) is 56.7 Å². The molecule has 4 fully saturated rings. The average molecular weight is 725 g/mol. The van der Waals surface area contributed by atoms with E-state index < -0.39 is 11.6 Å². The fourth-order valence-corrected chi connectivity index (χ4v) is 9.23. The van der Waals surface area contributed by atoms with E-state index in [1.165, 1.54) is 30.5 Å². The molecule has 0 spiro atoms. The number of anilines is 1. The van der Waals surface area contributed by atoms with Gasteiger partial charge >= 0.3 is 6.01 Å². The van der Waals surface area contributed by atoms with Gasteiger partial charge in [-0.25, -0.2) is 8.78 Å². The minimum absolute atomic E-state index is 0.0185. The summed E-state index contributed by atoms with van der Waals surface area (Å²) in [6.45, 7) is 10.3. The number of carbonyl (C=O) groups is 1. The molecular formula is C41H46F2N6O4. The van der Waals surface area contributed by atoms with Crippen LogP contribution in [0.15, 0.2) is 30.5 Å². The maximum Gasteiger partial charge on any atom is 0.319 e. The van der Waals surface area contributed by atoms with Gasteiger partial charge in [-0.2, -0.15) is 9.97 Å². The molecule has 4 aromatic rings. The molecule has 10 nitrogen and oxygen atoms in total. The van der Waals surface area contributed by atoms with Crippen LogP contribution in [0.3, 0.4) is 0 Å². The van der Waals surface area contributed by atoms with Gasteiger partial charge in [-0.3, -0.25) is 14.7 Å². The highest BCUT2D eigenvalue weighted by molar-refractivity contribution is 6.03. The third-order valence-corrected chi connectivity index (χ3v) is 11.8. The number of pyridine rings is 1. The largest absolute Gasteiger partial charge is 0.508 e. The third-order valence-electron chi connectivity index (χ3n) is 11.8. The van der Waals surface area contributed by atoms with Gasteiger partial charge in [0.15, 0.2) is 5.82 Å². The number of aromatic nitrogens is 3. The average Bonchev–Trinajstić information content (AvgIpc) is 3.38. The Kier molecular flexibility index (Phi) is 9.58. The van der Waals surface area contributed by atoms with Crippen molar-refractivity contribution in [2.45, 2.75) is 58.4 Å². The van der Waals surface area contributed by atoms with Crippen molar-refractivity contribution >= 4 is 33.4 Å². The smallest absolute Gasteiger partial charge is 0.319 e. The predicted octanol–water partition coefficient (Wildman–Crippen LogP) is 6.16. The molecule has 4 aliphatic rings. The SMILES string of the molecule is C#Cc1c(F)ccc2cc(O)cc(-c3ncc4c(N5CCCOCC5)nc(OC[C@]56CCC[C@H]5N(CC5CN(C(=O)C(C)C)C5)CCC6)nc4c3F)c12. The Morgan fingerprint density at radius 3 is 2.75 bits per heavy atom. The van der Waals surface area contributed by atoms with Crippen molar-refractivity contribution in [2.75, 3.05) is 64.0 Å². The minimum atomic E-state index is -0.743. The van der Waals surface area contributed by atoms with E-state index in [4.69, 9.17) is 25.9 Å². The first kappa shape index (κ1) is 35.4. The first-order valence-electron chi connectivity index (χ1n) is 18.9. The predicted molar refractivity (Wildman–Crippen MR) is 199 cm³/mol. The van der Waals surface area contributed by atoms with Gasteiger partial charge in [-0.1, -0.05) is 32.3 Å². The molecule has 278 valence electrons. The van der Waals surface area contributed by atoms with Crippen molar-refractivity contribution in [3.8, 4) is 35.4 Å². The van der Waals surface area contributed by atoms with E-state index in [0.717, 1.165) is 64.7 Å². The van der Waals surface area contributed by atoms with E-state index in [0.29, 0.717) is 61.5 Å². The zero-order chi connectivity index (χ0) is 36.9. The number of fused-ring (bicyclic) bond motifs is 3. The summed E-state index contributed by atoms with van der Waals surface area (Å²) < 4.78 is 44.2. The number of amides is 1. The van der Waals surface area contributed by atoms with Crippen molar-refractivity contribution in [1.29, 1.82) is 0 Å². The molecule has 1 N–H and O–H groups in total. The van der Waals surface area contributed by atoms with Crippen LogP contribution in [0, 0.1) is 41.2 Å².